The van der Waals surface area contributed by atoms with Crippen LogP contribution in [0.5, 0.6) is 11.5 Å². The largest absolute Gasteiger partial charge is 0.504 e. The lowest BCUT2D eigenvalue weighted by Gasteiger charge is -2.60. The molecule has 0 spiro atoms. The van der Waals surface area contributed by atoms with Crippen LogP contribution in [0.1, 0.15) is 83.9 Å². The fraction of sp³-hybridized carbons (Fsp3) is 0.667. The molecule has 0 unspecified atom stereocenters. The van der Waals surface area contributed by atoms with Gasteiger partial charge in [-0.25, -0.2) is 0 Å². The van der Waals surface area contributed by atoms with Crippen molar-refractivity contribution in [3.63, 3.8) is 0 Å². The Bertz CT molecular complexity index is 760. The molecule has 0 amide bonds. The summed E-state index contributed by atoms with van der Waals surface area (Å²) >= 11 is 0. The summed E-state index contributed by atoms with van der Waals surface area (Å²) in [5.41, 5.74) is 5.23. The van der Waals surface area contributed by atoms with Crippen LogP contribution in [0.15, 0.2) is 17.7 Å². The summed E-state index contributed by atoms with van der Waals surface area (Å²) in [6, 6.07) is 1.84. The van der Waals surface area contributed by atoms with Gasteiger partial charge in [0, 0.05) is 5.41 Å². The van der Waals surface area contributed by atoms with Crippen LogP contribution in [-0.4, -0.2) is 10.2 Å². The number of rotatable bonds is 3. The van der Waals surface area contributed by atoms with Gasteiger partial charge >= 0.3 is 0 Å². The number of phenols is 2. The summed E-state index contributed by atoms with van der Waals surface area (Å²) in [4.78, 5) is 0. The van der Waals surface area contributed by atoms with Crippen LogP contribution >= 0.6 is 0 Å². The molecule has 0 aromatic heterocycles. The molecule has 2 aliphatic carbocycles. The average molecular weight is 357 g/mol. The van der Waals surface area contributed by atoms with Crippen molar-refractivity contribution in [3.05, 3.63) is 34.4 Å². The van der Waals surface area contributed by atoms with E-state index in [4.69, 9.17) is 0 Å². The van der Waals surface area contributed by atoms with Gasteiger partial charge in [0.2, 0.25) is 0 Å². The van der Waals surface area contributed by atoms with Gasteiger partial charge < -0.3 is 10.2 Å². The first-order chi connectivity index (χ1) is 12.0. The van der Waals surface area contributed by atoms with Gasteiger partial charge in [-0.1, -0.05) is 53.2 Å². The van der Waals surface area contributed by atoms with Crippen LogP contribution in [0.2, 0.25) is 0 Å². The number of hydrogen-bond donors (Lipinski definition) is 2. The monoisotopic (exact) mass is 356 g/mol. The summed E-state index contributed by atoms with van der Waals surface area (Å²) in [5.74, 6) is 0.760. The van der Waals surface area contributed by atoms with Crippen LogP contribution in [0.3, 0.4) is 0 Å². The summed E-state index contributed by atoms with van der Waals surface area (Å²) in [6.07, 6.45) is 7.99. The van der Waals surface area contributed by atoms with Crippen molar-refractivity contribution in [2.24, 2.45) is 16.7 Å². The Kier molecular flexibility index (Phi) is 4.49. The molecule has 1 fully saturated rings. The summed E-state index contributed by atoms with van der Waals surface area (Å²) in [7, 11) is 0. The average Bonchev–Trinajstić information content (AvgIpc) is 2.57. The molecule has 3 atom stereocenters. The fourth-order valence-electron chi connectivity index (χ4n) is 6.24. The second-order valence-corrected chi connectivity index (χ2v) is 9.89. The molecule has 1 saturated carbocycles. The lowest BCUT2D eigenvalue weighted by atomic mass is 9.44. The first kappa shape index (κ1) is 19.3. The first-order valence-corrected chi connectivity index (χ1v) is 10.3. The maximum atomic E-state index is 10.3. The predicted octanol–water partition coefficient (Wildman–Crippen LogP) is 6.41. The van der Waals surface area contributed by atoms with E-state index in [-0.39, 0.29) is 22.3 Å². The zero-order valence-electron chi connectivity index (χ0n) is 17.7. The molecule has 0 heterocycles. The highest BCUT2D eigenvalue weighted by atomic mass is 16.3. The standard InChI is InChI=1S/C24H36O2/c1-8-24(7)20-10-9-17-16(4)21(26)19(25)13-18(17)23(20,6)12-11-22(24,5)14-15(2)3/h10,13,15,25-26H,8-9,11-12,14H2,1-7H3/t22-,23-,24+/m0/s1. The minimum Gasteiger partial charge on any atom is -0.504 e. The maximum Gasteiger partial charge on any atom is 0.160 e. The van der Waals surface area contributed by atoms with Gasteiger partial charge in [-0.15, -0.1) is 0 Å². The number of aromatic hydroxyl groups is 2. The van der Waals surface area contributed by atoms with Crippen molar-refractivity contribution in [2.75, 3.05) is 0 Å². The molecule has 1 aromatic rings. The lowest BCUT2D eigenvalue weighted by Crippen LogP contribution is -2.51. The quantitative estimate of drug-likeness (QED) is 0.485. The van der Waals surface area contributed by atoms with Crippen molar-refractivity contribution >= 4 is 0 Å². The topological polar surface area (TPSA) is 40.5 Å². The van der Waals surface area contributed by atoms with E-state index in [1.54, 1.807) is 5.57 Å². The van der Waals surface area contributed by atoms with Crippen LogP contribution in [0, 0.1) is 23.7 Å². The Hall–Kier alpha value is -1.44. The summed E-state index contributed by atoms with van der Waals surface area (Å²) < 4.78 is 0. The SMILES string of the molecule is CC[C@]1(C)C2=CCc3c(cc(O)c(O)c3C)[C@]2(C)CC[C@@]1(C)CC(C)C. The van der Waals surface area contributed by atoms with Gasteiger partial charge in [0.25, 0.3) is 0 Å². The van der Waals surface area contributed by atoms with Crippen LogP contribution in [-0.2, 0) is 11.8 Å². The number of hydrogen-bond acceptors (Lipinski definition) is 2. The molecular formula is C24H36O2. The first-order valence-electron chi connectivity index (χ1n) is 10.3. The van der Waals surface area contributed by atoms with Crippen LogP contribution in [0.25, 0.3) is 0 Å². The van der Waals surface area contributed by atoms with Gasteiger partial charge in [0.15, 0.2) is 11.5 Å². The van der Waals surface area contributed by atoms with E-state index in [0.29, 0.717) is 11.3 Å². The molecule has 1 aromatic carbocycles. The van der Waals surface area contributed by atoms with Gasteiger partial charge in [0.1, 0.15) is 0 Å². The molecular weight excluding hydrogens is 320 g/mol. The van der Waals surface area contributed by atoms with Gasteiger partial charge in [-0.2, -0.15) is 0 Å². The molecule has 2 nitrogen and oxygen atoms in total. The molecule has 2 heteroatoms. The van der Waals surface area contributed by atoms with Gasteiger partial charge in [-0.05, 0) is 78.5 Å². The van der Waals surface area contributed by atoms with E-state index in [1.807, 2.05) is 13.0 Å². The molecule has 3 rings (SSSR count). The molecule has 0 radical (unpaired) electrons. The molecule has 0 saturated heterocycles. The Labute approximate surface area is 159 Å². The van der Waals surface area contributed by atoms with E-state index in [1.165, 1.54) is 24.0 Å². The van der Waals surface area contributed by atoms with Gasteiger partial charge in [0.05, 0.1) is 0 Å². The smallest absolute Gasteiger partial charge is 0.160 e. The summed E-state index contributed by atoms with van der Waals surface area (Å²) in [5, 5.41) is 20.5. The van der Waals surface area contributed by atoms with Crippen molar-refractivity contribution in [1.82, 2.24) is 0 Å². The number of phenolic OH excluding ortho intramolecular Hbond substituents is 2. The number of allylic oxidation sites excluding steroid dienone is 2. The fourth-order valence-corrected chi connectivity index (χ4v) is 6.24. The predicted molar refractivity (Wildman–Crippen MR) is 109 cm³/mol. The Morgan fingerprint density at radius 1 is 1.12 bits per heavy atom. The Morgan fingerprint density at radius 3 is 2.35 bits per heavy atom. The molecule has 2 aliphatic rings. The van der Waals surface area contributed by atoms with Crippen LogP contribution in [0.4, 0.5) is 0 Å². The van der Waals surface area contributed by atoms with E-state index in [2.05, 4.69) is 47.6 Å². The van der Waals surface area contributed by atoms with E-state index < -0.39 is 0 Å². The molecule has 0 bridgehead atoms. The Balaban J connectivity index is 2.18. The van der Waals surface area contributed by atoms with E-state index in [9.17, 15) is 10.2 Å². The second kappa shape index (κ2) is 6.04. The Morgan fingerprint density at radius 2 is 1.77 bits per heavy atom. The second-order valence-electron chi connectivity index (χ2n) is 9.89. The maximum absolute atomic E-state index is 10.3. The van der Waals surface area contributed by atoms with Gasteiger partial charge in [-0.3, -0.25) is 0 Å². The third-order valence-electron chi connectivity index (χ3n) is 8.03. The third kappa shape index (κ3) is 2.44. The van der Waals surface area contributed by atoms with Crippen molar-refractivity contribution in [1.29, 1.82) is 0 Å². The molecule has 26 heavy (non-hydrogen) atoms. The normalized spacial score (nSPS) is 33.6. The number of benzene rings is 1. The van der Waals surface area contributed by atoms with Crippen LogP contribution < -0.4 is 0 Å². The third-order valence-corrected chi connectivity index (χ3v) is 8.03. The van der Waals surface area contributed by atoms with Crippen molar-refractivity contribution in [2.45, 2.75) is 86.0 Å². The minimum absolute atomic E-state index is 0.0254. The molecule has 2 N–H and O–H groups in total. The highest BCUT2D eigenvalue weighted by Crippen LogP contribution is 2.65. The van der Waals surface area contributed by atoms with E-state index in [0.717, 1.165) is 24.8 Å². The zero-order chi connectivity index (χ0) is 19.5. The highest BCUT2D eigenvalue weighted by molar-refractivity contribution is 5.60. The number of fused-ring (bicyclic) bond motifs is 3. The molecule has 144 valence electrons. The molecule has 0 aliphatic heterocycles. The zero-order valence-corrected chi connectivity index (χ0v) is 17.7. The minimum atomic E-state index is -0.0508. The van der Waals surface area contributed by atoms with E-state index >= 15 is 0 Å². The van der Waals surface area contributed by atoms with Crippen molar-refractivity contribution in [3.8, 4) is 11.5 Å². The highest BCUT2D eigenvalue weighted by Gasteiger charge is 2.56. The van der Waals surface area contributed by atoms with Crippen molar-refractivity contribution < 1.29 is 10.2 Å². The summed E-state index contributed by atoms with van der Waals surface area (Å²) in [6.45, 7) is 16.3. The lowest BCUT2D eigenvalue weighted by molar-refractivity contribution is 0.0154.